The Hall–Kier alpha value is -2.97. The molecule has 1 heterocycles. The van der Waals surface area contributed by atoms with Gasteiger partial charge in [-0.05, 0) is 13.0 Å². The number of benzene rings is 1. The van der Waals surface area contributed by atoms with Crippen LogP contribution in [0.3, 0.4) is 0 Å². The minimum atomic E-state index is -1.25. The van der Waals surface area contributed by atoms with Crippen molar-refractivity contribution in [1.29, 1.82) is 0 Å². The molecule has 2 N–H and O–H groups in total. The number of carbonyl (C=O) groups excluding carboxylic acids is 1. The number of carboxylic acid groups (broad SMARTS) is 1. The van der Waals surface area contributed by atoms with Gasteiger partial charge in [-0.1, -0.05) is 11.2 Å². The summed E-state index contributed by atoms with van der Waals surface area (Å²) in [6.45, 7) is 1.58. The van der Waals surface area contributed by atoms with Crippen molar-refractivity contribution < 1.29 is 24.5 Å². The summed E-state index contributed by atoms with van der Waals surface area (Å²) in [5.41, 5.74) is 0.323. The van der Waals surface area contributed by atoms with Gasteiger partial charge in [0.1, 0.15) is 0 Å². The van der Waals surface area contributed by atoms with Gasteiger partial charge in [0.25, 0.3) is 11.6 Å². The third-order valence-corrected chi connectivity index (χ3v) is 2.88. The molecule has 1 atom stereocenters. The number of carbonyl (C=O) groups is 2. The zero-order valence-electron chi connectivity index (χ0n) is 10.9. The Kier molecular flexibility index (Phi) is 3.83. The number of nitro groups is 1. The maximum absolute atomic E-state index is 11.9. The topological polar surface area (TPSA) is 131 Å². The number of rotatable bonds is 4. The number of anilines is 1. The van der Waals surface area contributed by atoms with Gasteiger partial charge in [0.05, 0.1) is 4.92 Å². The third kappa shape index (κ3) is 3.14. The van der Waals surface area contributed by atoms with Crippen molar-refractivity contribution >= 4 is 29.0 Å². The van der Waals surface area contributed by atoms with Crippen LogP contribution in [0.2, 0.25) is 0 Å². The van der Waals surface area contributed by atoms with Crippen molar-refractivity contribution in [2.45, 2.75) is 19.4 Å². The molecular formula is C12H11N3O6. The fourth-order valence-corrected chi connectivity index (χ4v) is 1.75. The van der Waals surface area contributed by atoms with Crippen LogP contribution in [0.25, 0.3) is 0 Å². The van der Waals surface area contributed by atoms with Crippen LogP contribution in [0.1, 0.15) is 12.0 Å². The predicted octanol–water partition coefficient (Wildman–Crippen LogP) is 1.07. The van der Waals surface area contributed by atoms with Crippen molar-refractivity contribution in [1.82, 2.24) is 0 Å². The van der Waals surface area contributed by atoms with Gasteiger partial charge in [0, 0.05) is 23.7 Å². The maximum Gasteiger partial charge on any atom is 0.353 e. The summed E-state index contributed by atoms with van der Waals surface area (Å²) < 4.78 is 0. The van der Waals surface area contributed by atoms with Crippen molar-refractivity contribution in [3.8, 4) is 0 Å². The van der Waals surface area contributed by atoms with Crippen LogP contribution in [-0.4, -0.2) is 33.7 Å². The van der Waals surface area contributed by atoms with E-state index in [1.54, 1.807) is 6.92 Å². The number of nitrogens with one attached hydrogen (secondary N) is 1. The molecule has 0 saturated heterocycles. The van der Waals surface area contributed by atoms with Crippen molar-refractivity contribution in [2.24, 2.45) is 5.16 Å². The van der Waals surface area contributed by atoms with E-state index in [1.165, 1.54) is 18.2 Å². The first-order valence-corrected chi connectivity index (χ1v) is 5.90. The highest BCUT2D eigenvalue weighted by Crippen LogP contribution is 2.23. The van der Waals surface area contributed by atoms with Gasteiger partial charge in [0.15, 0.2) is 5.71 Å². The molecule has 1 amide bonds. The Morgan fingerprint density at radius 2 is 2.24 bits per heavy atom. The van der Waals surface area contributed by atoms with E-state index in [-0.39, 0.29) is 23.5 Å². The monoisotopic (exact) mass is 293 g/mol. The predicted molar refractivity (Wildman–Crippen MR) is 71.0 cm³/mol. The fraction of sp³-hybridized carbons (Fsp3) is 0.250. The van der Waals surface area contributed by atoms with E-state index >= 15 is 0 Å². The SMILES string of the molecule is Cc1ccc(NC(=O)C2CC(C(=O)O)=NO2)cc1[N+](=O)[O-]. The Balaban J connectivity index is 2.06. The van der Waals surface area contributed by atoms with Gasteiger partial charge >= 0.3 is 5.97 Å². The van der Waals surface area contributed by atoms with E-state index in [9.17, 15) is 19.7 Å². The normalized spacial score (nSPS) is 16.8. The largest absolute Gasteiger partial charge is 0.477 e. The number of nitrogens with zero attached hydrogens (tertiary/aromatic N) is 2. The molecule has 1 aromatic rings. The molecule has 0 fully saturated rings. The molecule has 0 spiro atoms. The van der Waals surface area contributed by atoms with E-state index < -0.39 is 22.9 Å². The van der Waals surface area contributed by atoms with Crippen LogP contribution in [0.4, 0.5) is 11.4 Å². The Bertz CT molecular complexity index is 654. The molecular weight excluding hydrogens is 282 g/mol. The van der Waals surface area contributed by atoms with Crippen molar-refractivity contribution in [2.75, 3.05) is 5.32 Å². The molecule has 9 nitrogen and oxygen atoms in total. The molecule has 1 aliphatic rings. The van der Waals surface area contributed by atoms with Gasteiger partial charge in [0.2, 0.25) is 6.10 Å². The maximum atomic E-state index is 11.9. The van der Waals surface area contributed by atoms with E-state index in [1.807, 2.05) is 0 Å². The van der Waals surface area contributed by atoms with Gasteiger partial charge in [-0.3, -0.25) is 14.9 Å². The minimum absolute atomic E-state index is 0.123. The molecule has 1 aromatic carbocycles. The summed E-state index contributed by atoms with van der Waals surface area (Å²) in [5, 5.41) is 25.3. The molecule has 2 rings (SSSR count). The lowest BCUT2D eigenvalue weighted by Crippen LogP contribution is -2.28. The first kappa shape index (κ1) is 14.4. The molecule has 21 heavy (non-hydrogen) atoms. The van der Waals surface area contributed by atoms with Gasteiger partial charge in [-0.2, -0.15) is 0 Å². The van der Waals surface area contributed by atoms with Crippen LogP contribution in [0.5, 0.6) is 0 Å². The number of oxime groups is 1. The average molecular weight is 293 g/mol. The van der Waals surface area contributed by atoms with Crippen molar-refractivity contribution in [3.05, 3.63) is 33.9 Å². The summed E-state index contributed by atoms with van der Waals surface area (Å²) >= 11 is 0. The highest BCUT2D eigenvalue weighted by Gasteiger charge is 2.31. The van der Waals surface area contributed by atoms with Gasteiger partial charge < -0.3 is 15.3 Å². The lowest BCUT2D eigenvalue weighted by molar-refractivity contribution is -0.385. The second-order valence-electron chi connectivity index (χ2n) is 4.39. The molecule has 0 saturated carbocycles. The second kappa shape index (κ2) is 5.57. The summed E-state index contributed by atoms with van der Waals surface area (Å²) in [6.07, 6.45) is -1.22. The zero-order valence-corrected chi connectivity index (χ0v) is 10.9. The highest BCUT2D eigenvalue weighted by atomic mass is 16.6. The molecule has 0 aromatic heterocycles. The number of aliphatic carboxylic acids is 1. The fourth-order valence-electron chi connectivity index (χ4n) is 1.75. The molecule has 0 aliphatic carbocycles. The molecule has 9 heteroatoms. The number of carboxylic acids is 1. The third-order valence-electron chi connectivity index (χ3n) is 2.88. The number of hydrogen-bond donors (Lipinski definition) is 2. The van der Waals surface area contributed by atoms with E-state index in [2.05, 4.69) is 10.5 Å². The van der Waals surface area contributed by atoms with Crippen LogP contribution in [0, 0.1) is 17.0 Å². The van der Waals surface area contributed by atoms with Crippen LogP contribution >= 0.6 is 0 Å². The number of amides is 1. The Morgan fingerprint density at radius 3 is 2.81 bits per heavy atom. The van der Waals surface area contributed by atoms with Crippen molar-refractivity contribution in [3.63, 3.8) is 0 Å². The standard InChI is InChI=1S/C12H11N3O6/c1-6-2-3-7(4-9(6)15(19)20)13-11(16)10-5-8(12(17)18)14-21-10/h2-4,10H,5H2,1H3,(H,13,16)(H,17,18). The smallest absolute Gasteiger partial charge is 0.353 e. The molecule has 1 aliphatic heterocycles. The summed E-state index contributed by atoms with van der Waals surface area (Å²) in [4.78, 5) is 37.5. The Labute approximate surface area is 118 Å². The lowest BCUT2D eigenvalue weighted by Gasteiger charge is -2.09. The summed E-state index contributed by atoms with van der Waals surface area (Å²) in [5.74, 6) is -1.87. The van der Waals surface area contributed by atoms with Crippen LogP contribution < -0.4 is 5.32 Å². The van der Waals surface area contributed by atoms with E-state index in [0.29, 0.717) is 5.56 Å². The number of aryl methyl sites for hydroxylation is 1. The highest BCUT2D eigenvalue weighted by molar-refractivity contribution is 6.36. The summed E-state index contributed by atoms with van der Waals surface area (Å²) in [7, 11) is 0. The average Bonchev–Trinajstić information content (AvgIpc) is 2.90. The summed E-state index contributed by atoms with van der Waals surface area (Å²) in [6, 6.07) is 4.23. The molecule has 0 bridgehead atoms. The second-order valence-corrected chi connectivity index (χ2v) is 4.39. The molecule has 0 radical (unpaired) electrons. The van der Waals surface area contributed by atoms with Gasteiger partial charge in [-0.15, -0.1) is 0 Å². The first-order chi connectivity index (χ1) is 9.88. The zero-order chi connectivity index (χ0) is 15.6. The van der Waals surface area contributed by atoms with Crippen LogP contribution in [-0.2, 0) is 14.4 Å². The van der Waals surface area contributed by atoms with Gasteiger partial charge in [-0.25, -0.2) is 4.79 Å². The van der Waals surface area contributed by atoms with E-state index in [0.717, 1.165) is 0 Å². The lowest BCUT2D eigenvalue weighted by atomic mass is 10.1. The molecule has 110 valence electrons. The number of hydrogen-bond acceptors (Lipinski definition) is 6. The quantitative estimate of drug-likeness (QED) is 0.630. The first-order valence-electron chi connectivity index (χ1n) is 5.90. The van der Waals surface area contributed by atoms with Crippen LogP contribution in [0.15, 0.2) is 23.4 Å². The number of nitro benzene ring substituents is 1. The molecule has 1 unspecified atom stereocenters. The Morgan fingerprint density at radius 1 is 1.52 bits per heavy atom. The van der Waals surface area contributed by atoms with E-state index in [4.69, 9.17) is 9.94 Å². The minimum Gasteiger partial charge on any atom is -0.477 e.